The quantitative estimate of drug-likeness (QED) is 0.481. The van der Waals surface area contributed by atoms with E-state index in [9.17, 15) is 0 Å². The van der Waals surface area contributed by atoms with Crippen LogP contribution in [0.3, 0.4) is 0 Å². The molecular formula is C27H50. The minimum absolute atomic E-state index is 0.833. The zero-order valence-electron chi connectivity index (χ0n) is 20.8. The van der Waals surface area contributed by atoms with Crippen LogP contribution in [0, 0.1) is 18.8 Å². The average Bonchev–Trinajstić information content (AvgIpc) is 3.51. The van der Waals surface area contributed by atoms with E-state index < -0.39 is 0 Å². The van der Waals surface area contributed by atoms with E-state index in [0.717, 1.165) is 31.1 Å². The lowest BCUT2D eigenvalue weighted by Gasteiger charge is -2.17. The molecule has 27 heavy (non-hydrogen) atoms. The second kappa shape index (κ2) is 16.0. The minimum atomic E-state index is 0.833. The first kappa shape index (κ1) is 28.2. The van der Waals surface area contributed by atoms with Crippen LogP contribution in [-0.4, -0.2) is 0 Å². The zero-order valence-corrected chi connectivity index (χ0v) is 20.8. The fourth-order valence-corrected chi connectivity index (χ4v) is 3.20. The van der Waals surface area contributed by atoms with Crippen LogP contribution in [0.5, 0.6) is 0 Å². The molecule has 1 fully saturated rings. The molecule has 0 heterocycles. The summed E-state index contributed by atoms with van der Waals surface area (Å²) in [7, 11) is 0. The fraction of sp³-hybridized carbons (Fsp3) is 0.704. The standard InChI is InChI=1S/C19H28.C4H10.2C2H6/c1-6-15-12-16(7-2)19(14(5)18(15)8-3)11-13(4)17-9-10-17;1-4(2)3;2*1-2/h11-12,17H,6-10H2,1-5H3;4H,1-3H3;2*1-2H3/b13-11+;;;. The predicted octanol–water partition coefficient (Wildman–Crippen LogP) is 9.21. The molecule has 0 spiro atoms. The Hall–Kier alpha value is -1.04. The maximum Gasteiger partial charge on any atom is -0.0193 e. The lowest BCUT2D eigenvalue weighted by Crippen LogP contribution is -2.02. The van der Waals surface area contributed by atoms with Crippen LogP contribution in [0.2, 0.25) is 0 Å². The fourth-order valence-electron chi connectivity index (χ4n) is 3.20. The van der Waals surface area contributed by atoms with Crippen molar-refractivity contribution in [3.05, 3.63) is 39.5 Å². The smallest absolute Gasteiger partial charge is 0.0193 e. The largest absolute Gasteiger partial charge is 0.0696 e. The van der Waals surface area contributed by atoms with E-state index in [1.807, 2.05) is 27.7 Å². The predicted molar refractivity (Wildman–Crippen MR) is 129 cm³/mol. The van der Waals surface area contributed by atoms with Gasteiger partial charge < -0.3 is 0 Å². The van der Waals surface area contributed by atoms with Gasteiger partial charge in [0.25, 0.3) is 0 Å². The molecule has 1 aromatic carbocycles. The van der Waals surface area contributed by atoms with E-state index in [1.165, 1.54) is 29.5 Å². The Morgan fingerprint density at radius 2 is 1.37 bits per heavy atom. The van der Waals surface area contributed by atoms with Crippen molar-refractivity contribution in [1.82, 2.24) is 0 Å². The summed E-state index contributed by atoms with van der Waals surface area (Å²) in [5.74, 6) is 1.71. The molecule has 0 N–H and O–H groups in total. The van der Waals surface area contributed by atoms with Crippen LogP contribution >= 0.6 is 0 Å². The van der Waals surface area contributed by atoms with Crippen molar-refractivity contribution in [2.75, 3.05) is 0 Å². The van der Waals surface area contributed by atoms with Gasteiger partial charge in [0.05, 0.1) is 0 Å². The molecule has 0 saturated heterocycles. The molecular weight excluding hydrogens is 324 g/mol. The monoisotopic (exact) mass is 374 g/mol. The van der Waals surface area contributed by atoms with Crippen LogP contribution in [-0.2, 0) is 19.3 Å². The van der Waals surface area contributed by atoms with Crippen LogP contribution in [0.4, 0.5) is 0 Å². The topological polar surface area (TPSA) is 0 Å². The van der Waals surface area contributed by atoms with Crippen LogP contribution in [0.15, 0.2) is 11.6 Å². The van der Waals surface area contributed by atoms with Crippen molar-refractivity contribution < 1.29 is 0 Å². The van der Waals surface area contributed by atoms with Crippen LogP contribution < -0.4 is 0 Å². The molecule has 1 aliphatic carbocycles. The molecule has 2 rings (SSSR count). The highest BCUT2D eigenvalue weighted by Crippen LogP contribution is 2.38. The summed E-state index contributed by atoms with van der Waals surface area (Å²) in [6, 6.07) is 2.46. The third-order valence-electron chi connectivity index (χ3n) is 4.65. The Labute approximate surface area is 172 Å². The molecule has 158 valence electrons. The molecule has 0 amide bonds. The van der Waals surface area contributed by atoms with Gasteiger partial charge in [-0.05, 0) is 85.6 Å². The lowest BCUT2D eigenvalue weighted by molar-refractivity contribution is 0.737. The van der Waals surface area contributed by atoms with Gasteiger partial charge in [0.1, 0.15) is 0 Å². The van der Waals surface area contributed by atoms with Gasteiger partial charge in [-0.15, -0.1) is 0 Å². The van der Waals surface area contributed by atoms with E-state index in [-0.39, 0.29) is 0 Å². The first-order valence-electron chi connectivity index (χ1n) is 11.7. The van der Waals surface area contributed by atoms with Crippen molar-refractivity contribution in [2.24, 2.45) is 11.8 Å². The Morgan fingerprint density at radius 3 is 1.70 bits per heavy atom. The third-order valence-corrected chi connectivity index (χ3v) is 4.65. The molecule has 0 aromatic heterocycles. The number of allylic oxidation sites excluding steroid dienone is 1. The Balaban J connectivity index is 0. The van der Waals surface area contributed by atoms with Crippen molar-refractivity contribution in [3.63, 3.8) is 0 Å². The molecule has 0 heteroatoms. The van der Waals surface area contributed by atoms with E-state index in [1.54, 1.807) is 16.7 Å². The molecule has 1 saturated carbocycles. The molecule has 0 nitrogen and oxygen atoms in total. The number of rotatable bonds is 5. The first-order valence-corrected chi connectivity index (χ1v) is 11.7. The SMILES string of the molecule is CC.CC.CC(C)C.CCc1cc(CC)c(CC)c(C)c1/C=C(\C)C1CC1. The van der Waals surface area contributed by atoms with Crippen molar-refractivity contribution in [1.29, 1.82) is 0 Å². The molecule has 0 aliphatic heterocycles. The third kappa shape index (κ3) is 10.2. The second-order valence-corrected chi connectivity index (χ2v) is 7.67. The Bertz CT molecular complexity index is 525. The summed E-state index contributed by atoms with van der Waals surface area (Å²) in [6.07, 6.45) is 8.73. The van der Waals surface area contributed by atoms with Gasteiger partial charge in [0, 0.05) is 0 Å². The highest BCUT2D eigenvalue weighted by molar-refractivity contribution is 5.64. The highest BCUT2D eigenvalue weighted by Gasteiger charge is 2.23. The maximum absolute atomic E-state index is 2.48. The van der Waals surface area contributed by atoms with Gasteiger partial charge in [-0.3, -0.25) is 0 Å². The summed E-state index contributed by atoms with van der Waals surface area (Å²) in [5, 5.41) is 0. The van der Waals surface area contributed by atoms with Gasteiger partial charge in [0.15, 0.2) is 0 Å². The summed E-state index contributed by atoms with van der Waals surface area (Å²) < 4.78 is 0. The van der Waals surface area contributed by atoms with Gasteiger partial charge in [-0.1, -0.05) is 87.0 Å². The molecule has 0 radical (unpaired) electrons. The number of aryl methyl sites for hydroxylation is 2. The highest BCUT2D eigenvalue weighted by atomic mass is 14.3. The average molecular weight is 375 g/mol. The van der Waals surface area contributed by atoms with E-state index in [0.29, 0.717) is 0 Å². The van der Waals surface area contributed by atoms with Crippen LogP contribution in [0.1, 0.15) is 117 Å². The van der Waals surface area contributed by atoms with Crippen molar-refractivity contribution >= 4 is 6.08 Å². The number of hydrogen-bond acceptors (Lipinski definition) is 0. The van der Waals surface area contributed by atoms with Crippen molar-refractivity contribution in [2.45, 2.75) is 115 Å². The molecule has 1 aromatic rings. The van der Waals surface area contributed by atoms with Gasteiger partial charge in [-0.2, -0.15) is 0 Å². The maximum atomic E-state index is 2.48. The lowest BCUT2D eigenvalue weighted by atomic mass is 9.88. The van der Waals surface area contributed by atoms with E-state index >= 15 is 0 Å². The zero-order chi connectivity index (χ0) is 21.6. The molecule has 0 unspecified atom stereocenters. The Morgan fingerprint density at radius 1 is 0.926 bits per heavy atom. The van der Waals surface area contributed by atoms with Crippen LogP contribution in [0.25, 0.3) is 6.08 Å². The number of benzene rings is 1. The first-order chi connectivity index (χ1) is 12.8. The molecule has 0 bridgehead atoms. The molecule has 0 atom stereocenters. The summed E-state index contributed by atoms with van der Waals surface area (Å²) in [6.45, 7) is 26.0. The summed E-state index contributed by atoms with van der Waals surface area (Å²) in [4.78, 5) is 0. The van der Waals surface area contributed by atoms with Crippen molar-refractivity contribution in [3.8, 4) is 0 Å². The summed E-state index contributed by atoms with van der Waals surface area (Å²) in [5.41, 5.74) is 9.29. The van der Waals surface area contributed by atoms with Gasteiger partial charge in [0.2, 0.25) is 0 Å². The van der Waals surface area contributed by atoms with E-state index in [4.69, 9.17) is 0 Å². The Kier molecular flexibility index (Phi) is 16.7. The van der Waals surface area contributed by atoms with Gasteiger partial charge >= 0.3 is 0 Å². The second-order valence-electron chi connectivity index (χ2n) is 7.67. The number of hydrogen-bond donors (Lipinski definition) is 0. The van der Waals surface area contributed by atoms with Gasteiger partial charge in [-0.25, -0.2) is 0 Å². The molecule has 1 aliphatic rings. The normalized spacial score (nSPS) is 13.0. The minimum Gasteiger partial charge on any atom is -0.0696 e. The summed E-state index contributed by atoms with van der Waals surface area (Å²) >= 11 is 0. The van der Waals surface area contributed by atoms with E-state index in [2.05, 4.69) is 67.5 Å².